The lowest BCUT2D eigenvalue weighted by Crippen LogP contribution is -2.33. The number of ether oxygens (including phenoxy) is 4. The van der Waals surface area contributed by atoms with Crippen LogP contribution < -0.4 is 9.47 Å². The van der Waals surface area contributed by atoms with Gasteiger partial charge in [0.15, 0.2) is 0 Å². The zero-order chi connectivity index (χ0) is 25.0. The predicted molar refractivity (Wildman–Crippen MR) is 125 cm³/mol. The van der Waals surface area contributed by atoms with E-state index in [0.717, 1.165) is 0 Å². The third-order valence-corrected chi connectivity index (χ3v) is 4.68. The molecule has 0 bridgehead atoms. The standard InChI is InChI=1S/C26H32O8/c1-19(24(29)33-17-20(27)15-31-22-10-6-4-7-11-22)14-26(2,3)25(30)34-18-21(28)16-32-23-12-8-5-9-13-23/h4-13,20-21,27-28H,1,14-18H2,2-3H3. The molecule has 2 aromatic rings. The van der Waals surface area contributed by atoms with Gasteiger partial charge >= 0.3 is 11.9 Å². The van der Waals surface area contributed by atoms with Crippen molar-refractivity contribution in [3.8, 4) is 11.5 Å². The minimum atomic E-state index is -1.08. The number of rotatable bonds is 14. The van der Waals surface area contributed by atoms with Crippen LogP contribution in [-0.2, 0) is 19.1 Å². The lowest BCUT2D eigenvalue weighted by molar-refractivity contribution is -0.157. The molecule has 0 aliphatic heterocycles. The summed E-state index contributed by atoms with van der Waals surface area (Å²) >= 11 is 0. The molecular formula is C26H32O8. The Bertz CT molecular complexity index is 911. The topological polar surface area (TPSA) is 112 Å². The van der Waals surface area contributed by atoms with E-state index in [9.17, 15) is 19.8 Å². The van der Waals surface area contributed by atoms with Crippen LogP contribution in [0.15, 0.2) is 72.8 Å². The van der Waals surface area contributed by atoms with Gasteiger partial charge in [-0.1, -0.05) is 43.0 Å². The van der Waals surface area contributed by atoms with Crippen molar-refractivity contribution < 1.29 is 38.7 Å². The Morgan fingerprint density at radius 2 is 1.24 bits per heavy atom. The molecule has 0 aromatic heterocycles. The summed E-state index contributed by atoms with van der Waals surface area (Å²) in [5.41, 5.74) is -1.02. The van der Waals surface area contributed by atoms with Crippen LogP contribution in [0, 0.1) is 5.41 Å². The van der Waals surface area contributed by atoms with E-state index in [0.29, 0.717) is 11.5 Å². The van der Waals surface area contributed by atoms with Crippen molar-refractivity contribution >= 4 is 11.9 Å². The Kier molecular flexibility index (Phi) is 10.6. The van der Waals surface area contributed by atoms with Gasteiger partial charge in [0.05, 0.1) is 5.41 Å². The van der Waals surface area contributed by atoms with E-state index in [1.165, 1.54) is 0 Å². The second kappa shape index (κ2) is 13.4. The van der Waals surface area contributed by atoms with Gasteiger partial charge in [0.25, 0.3) is 0 Å². The monoisotopic (exact) mass is 472 g/mol. The van der Waals surface area contributed by atoms with Gasteiger partial charge in [-0.25, -0.2) is 4.79 Å². The molecule has 2 unspecified atom stereocenters. The van der Waals surface area contributed by atoms with Crippen LogP contribution in [0.3, 0.4) is 0 Å². The zero-order valence-electron chi connectivity index (χ0n) is 19.5. The molecular weight excluding hydrogens is 440 g/mol. The van der Waals surface area contributed by atoms with Gasteiger partial charge < -0.3 is 29.2 Å². The number of para-hydroxylation sites is 2. The Balaban J connectivity index is 1.68. The van der Waals surface area contributed by atoms with E-state index >= 15 is 0 Å². The number of esters is 2. The number of carbonyl (C=O) groups excluding carboxylic acids is 2. The van der Waals surface area contributed by atoms with Gasteiger partial charge in [0, 0.05) is 5.57 Å². The molecule has 184 valence electrons. The molecule has 2 aromatic carbocycles. The molecule has 8 heteroatoms. The van der Waals surface area contributed by atoms with Gasteiger partial charge in [-0.3, -0.25) is 4.79 Å². The first-order valence-electron chi connectivity index (χ1n) is 10.9. The molecule has 0 heterocycles. The highest BCUT2D eigenvalue weighted by molar-refractivity contribution is 5.89. The summed E-state index contributed by atoms with van der Waals surface area (Å²) in [6, 6.07) is 17.9. The maximum atomic E-state index is 12.5. The number of aliphatic hydroxyl groups is 2. The fourth-order valence-electron chi connectivity index (χ4n) is 2.83. The first-order valence-corrected chi connectivity index (χ1v) is 10.9. The van der Waals surface area contributed by atoms with Crippen molar-refractivity contribution in [2.75, 3.05) is 26.4 Å². The van der Waals surface area contributed by atoms with Crippen molar-refractivity contribution in [3.05, 3.63) is 72.8 Å². The lowest BCUT2D eigenvalue weighted by Gasteiger charge is -2.24. The fourth-order valence-corrected chi connectivity index (χ4v) is 2.83. The van der Waals surface area contributed by atoms with Gasteiger partial charge in [-0.2, -0.15) is 0 Å². The third kappa shape index (κ3) is 9.64. The summed E-state index contributed by atoms with van der Waals surface area (Å²) in [7, 11) is 0. The molecule has 2 atom stereocenters. The number of benzene rings is 2. The average Bonchev–Trinajstić information content (AvgIpc) is 2.84. The first-order chi connectivity index (χ1) is 16.2. The van der Waals surface area contributed by atoms with Crippen molar-refractivity contribution in [3.63, 3.8) is 0 Å². The van der Waals surface area contributed by atoms with Crippen LogP contribution in [0.25, 0.3) is 0 Å². The number of carbonyl (C=O) groups is 2. The van der Waals surface area contributed by atoms with E-state index < -0.39 is 29.6 Å². The van der Waals surface area contributed by atoms with Crippen LogP contribution in [0.5, 0.6) is 11.5 Å². The Labute approximate surface area is 199 Å². The van der Waals surface area contributed by atoms with Crippen molar-refractivity contribution in [1.29, 1.82) is 0 Å². The summed E-state index contributed by atoms with van der Waals surface area (Å²) in [6.07, 6.45) is -2.04. The molecule has 34 heavy (non-hydrogen) atoms. The molecule has 2 N–H and O–H groups in total. The molecule has 0 fully saturated rings. The molecule has 0 saturated heterocycles. The van der Waals surface area contributed by atoms with Crippen LogP contribution in [-0.4, -0.2) is 60.8 Å². The minimum absolute atomic E-state index is 0.0160. The quantitative estimate of drug-likeness (QED) is 0.319. The second-order valence-corrected chi connectivity index (χ2v) is 8.42. The molecule has 8 nitrogen and oxygen atoms in total. The smallest absolute Gasteiger partial charge is 0.333 e. The van der Waals surface area contributed by atoms with Crippen LogP contribution >= 0.6 is 0 Å². The summed E-state index contributed by atoms with van der Waals surface area (Å²) in [4.78, 5) is 24.7. The third-order valence-electron chi connectivity index (χ3n) is 4.68. The Morgan fingerprint density at radius 1 is 0.794 bits per heavy atom. The molecule has 0 aliphatic carbocycles. The fraction of sp³-hybridized carbons (Fsp3) is 0.385. The maximum absolute atomic E-state index is 12.5. The van der Waals surface area contributed by atoms with Gasteiger partial charge in [-0.15, -0.1) is 0 Å². The predicted octanol–water partition coefficient (Wildman–Crippen LogP) is 2.93. The molecule has 0 saturated carbocycles. The van der Waals surface area contributed by atoms with Crippen LogP contribution in [0.2, 0.25) is 0 Å². The van der Waals surface area contributed by atoms with Gasteiger partial charge in [0.1, 0.15) is 50.1 Å². The van der Waals surface area contributed by atoms with Crippen LogP contribution in [0.4, 0.5) is 0 Å². The molecule has 0 aliphatic rings. The highest BCUT2D eigenvalue weighted by Crippen LogP contribution is 2.27. The minimum Gasteiger partial charge on any atom is -0.491 e. The van der Waals surface area contributed by atoms with Crippen LogP contribution in [0.1, 0.15) is 20.3 Å². The normalized spacial score (nSPS) is 12.8. The average molecular weight is 473 g/mol. The highest BCUT2D eigenvalue weighted by atomic mass is 16.6. The number of hydrogen-bond donors (Lipinski definition) is 2. The summed E-state index contributed by atoms with van der Waals surface area (Å²) in [6.45, 7) is 6.28. The molecule has 0 spiro atoms. The van der Waals surface area contributed by atoms with E-state index in [2.05, 4.69) is 6.58 Å². The largest absolute Gasteiger partial charge is 0.491 e. The van der Waals surface area contributed by atoms with E-state index in [1.807, 2.05) is 12.1 Å². The van der Waals surface area contributed by atoms with Crippen molar-refractivity contribution in [2.45, 2.75) is 32.5 Å². The van der Waals surface area contributed by atoms with Gasteiger partial charge in [0.2, 0.25) is 0 Å². The summed E-state index contributed by atoms with van der Waals surface area (Å²) in [5.74, 6) is -0.138. The van der Waals surface area contributed by atoms with Crippen molar-refractivity contribution in [2.24, 2.45) is 5.41 Å². The first kappa shape index (κ1) is 26.9. The maximum Gasteiger partial charge on any atom is 0.333 e. The Hall–Kier alpha value is -3.36. The second-order valence-electron chi connectivity index (χ2n) is 8.42. The van der Waals surface area contributed by atoms with Gasteiger partial charge in [-0.05, 0) is 44.5 Å². The number of hydrogen-bond acceptors (Lipinski definition) is 8. The van der Waals surface area contributed by atoms with E-state index in [-0.39, 0.29) is 38.4 Å². The highest BCUT2D eigenvalue weighted by Gasteiger charge is 2.32. The molecule has 2 rings (SSSR count). The molecule has 0 amide bonds. The SMILES string of the molecule is C=C(CC(C)(C)C(=O)OCC(O)COc1ccccc1)C(=O)OCC(O)COc1ccccc1. The summed E-state index contributed by atoms with van der Waals surface area (Å²) in [5, 5.41) is 20.0. The zero-order valence-corrected chi connectivity index (χ0v) is 19.5. The Morgan fingerprint density at radius 3 is 1.71 bits per heavy atom. The van der Waals surface area contributed by atoms with E-state index in [1.54, 1.807) is 62.4 Å². The summed E-state index contributed by atoms with van der Waals surface area (Å²) < 4.78 is 21.1. The van der Waals surface area contributed by atoms with E-state index in [4.69, 9.17) is 18.9 Å². The number of aliphatic hydroxyl groups excluding tert-OH is 2. The lowest BCUT2D eigenvalue weighted by atomic mass is 9.86. The van der Waals surface area contributed by atoms with Crippen molar-refractivity contribution in [1.82, 2.24) is 0 Å². The molecule has 0 radical (unpaired) electrons.